The molecule has 0 amide bonds. The highest BCUT2D eigenvalue weighted by Gasteiger charge is 2.43. The highest BCUT2D eigenvalue weighted by atomic mass is 15.3. The Labute approximate surface area is 134 Å². The summed E-state index contributed by atoms with van der Waals surface area (Å²) in [4.78, 5) is 11.7. The minimum Gasteiger partial charge on any atom is -0.357 e. The second kappa shape index (κ2) is 6.67. The van der Waals surface area contributed by atoms with Crippen LogP contribution in [0.25, 0.3) is 0 Å². The number of nitrogens with one attached hydrogen (secondary N) is 1. The molecule has 1 aromatic rings. The van der Waals surface area contributed by atoms with Crippen LogP contribution in [0.5, 0.6) is 0 Å². The van der Waals surface area contributed by atoms with Gasteiger partial charge in [-0.25, -0.2) is 0 Å². The van der Waals surface area contributed by atoms with Gasteiger partial charge in [0.2, 0.25) is 0 Å². The van der Waals surface area contributed by atoms with Crippen LogP contribution in [-0.4, -0.2) is 42.0 Å². The van der Waals surface area contributed by atoms with Crippen LogP contribution in [0.3, 0.4) is 0 Å². The largest absolute Gasteiger partial charge is 0.357 e. The van der Waals surface area contributed by atoms with Gasteiger partial charge in [0.1, 0.15) is 0 Å². The van der Waals surface area contributed by atoms with E-state index in [4.69, 9.17) is 4.99 Å². The maximum Gasteiger partial charge on any atom is 0.193 e. The third kappa shape index (κ3) is 3.42. The topological polar surface area (TPSA) is 40.5 Å². The molecule has 22 heavy (non-hydrogen) atoms. The number of hydrogen-bond acceptors (Lipinski definition) is 2. The third-order valence-corrected chi connectivity index (χ3v) is 5.12. The van der Waals surface area contributed by atoms with Gasteiger partial charge in [0.15, 0.2) is 5.96 Å². The van der Waals surface area contributed by atoms with Gasteiger partial charge in [0.25, 0.3) is 0 Å². The summed E-state index contributed by atoms with van der Waals surface area (Å²) in [6.07, 6.45) is 8.52. The molecule has 0 unspecified atom stereocenters. The number of hydrogen-bond donors (Lipinski definition) is 1. The van der Waals surface area contributed by atoms with Gasteiger partial charge in [-0.3, -0.25) is 9.98 Å². The summed E-state index contributed by atoms with van der Waals surface area (Å²) in [7, 11) is 0. The number of guanidine groups is 1. The van der Waals surface area contributed by atoms with Crippen molar-refractivity contribution in [3.8, 4) is 0 Å². The van der Waals surface area contributed by atoms with E-state index in [9.17, 15) is 0 Å². The quantitative estimate of drug-likeness (QED) is 0.686. The lowest BCUT2D eigenvalue weighted by Gasteiger charge is -2.38. The van der Waals surface area contributed by atoms with Gasteiger partial charge in [-0.15, -0.1) is 0 Å². The molecule has 0 aromatic carbocycles. The molecule has 1 saturated carbocycles. The Morgan fingerprint density at radius 1 is 1.36 bits per heavy atom. The molecule has 1 aliphatic heterocycles. The predicted octanol–water partition coefficient (Wildman–Crippen LogP) is 2.77. The van der Waals surface area contributed by atoms with Gasteiger partial charge in [-0.05, 0) is 56.6 Å². The standard InChI is InChI=1S/C18H28N4/c1-3-19-17(22-12-10-18(14-22)8-4-9-18)20-11-7-16-6-5-15(2)21-13-16/h5-6,13H,3-4,7-12,14H2,1-2H3,(H,19,20). The normalized spacial score (nSPS) is 20.3. The Morgan fingerprint density at radius 3 is 2.82 bits per heavy atom. The Morgan fingerprint density at radius 2 is 2.23 bits per heavy atom. The summed E-state index contributed by atoms with van der Waals surface area (Å²) >= 11 is 0. The van der Waals surface area contributed by atoms with E-state index in [1.165, 1.54) is 37.8 Å². The number of nitrogens with zero attached hydrogens (tertiary/aromatic N) is 3. The molecule has 0 bridgehead atoms. The molecule has 1 aliphatic carbocycles. The van der Waals surface area contributed by atoms with Gasteiger partial charge >= 0.3 is 0 Å². The lowest BCUT2D eigenvalue weighted by Crippen LogP contribution is -2.42. The molecule has 2 aliphatic rings. The monoisotopic (exact) mass is 300 g/mol. The molecule has 1 spiro atoms. The average molecular weight is 300 g/mol. The van der Waals surface area contributed by atoms with E-state index >= 15 is 0 Å². The molecular weight excluding hydrogens is 272 g/mol. The lowest BCUT2D eigenvalue weighted by atomic mass is 9.68. The van der Waals surface area contributed by atoms with Crippen LogP contribution in [0.2, 0.25) is 0 Å². The van der Waals surface area contributed by atoms with Gasteiger partial charge in [0, 0.05) is 38.1 Å². The minimum absolute atomic E-state index is 0.622. The molecule has 1 saturated heterocycles. The van der Waals surface area contributed by atoms with Crippen molar-refractivity contribution in [3.05, 3.63) is 29.6 Å². The maximum absolute atomic E-state index is 4.84. The molecule has 2 heterocycles. The second-order valence-electron chi connectivity index (χ2n) is 6.82. The van der Waals surface area contributed by atoms with E-state index < -0.39 is 0 Å². The fraction of sp³-hybridized carbons (Fsp3) is 0.667. The van der Waals surface area contributed by atoms with Gasteiger partial charge in [-0.2, -0.15) is 0 Å². The highest BCUT2D eigenvalue weighted by Crippen LogP contribution is 2.47. The summed E-state index contributed by atoms with van der Waals surface area (Å²) in [5.41, 5.74) is 2.96. The molecule has 4 heteroatoms. The zero-order chi connectivity index (χ0) is 15.4. The Balaban J connectivity index is 1.57. The van der Waals surface area contributed by atoms with Crippen molar-refractivity contribution in [1.29, 1.82) is 0 Å². The molecule has 1 aromatic heterocycles. The fourth-order valence-corrected chi connectivity index (χ4v) is 3.56. The summed E-state index contributed by atoms with van der Waals surface area (Å²) < 4.78 is 0. The molecule has 1 N–H and O–H groups in total. The van der Waals surface area contributed by atoms with E-state index in [1.807, 2.05) is 13.1 Å². The van der Waals surface area contributed by atoms with Crippen molar-refractivity contribution in [2.45, 2.75) is 46.0 Å². The fourth-order valence-electron chi connectivity index (χ4n) is 3.56. The number of aliphatic imine (C=N–C) groups is 1. The second-order valence-corrected chi connectivity index (χ2v) is 6.82. The van der Waals surface area contributed by atoms with Crippen molar-refractivity contribution in [1.82, 2.24) is 15.2 Å². The van der Waals surface area contributed by atoms with Crippen LogP contribution in [0.4, 0.5) is 0 Å². The average Bonchev–Trinajstić information content (AvgIpc) is 2.94. The molecule has 0 radical (unpaired) electrons. The van der Waals surface area contributed by atoms with Gasteiger partial charge in [0.05, 0.1) is 0 Å². The zero-order valence-electron chi connectivity index (χ0n) is 13.9. The van der Waals surface area contributed by atoms with E-state index in [2.05, 4.69) is 34.3 Å². The van der Waals surface area contributed by atoms with Crippen LogP contribution in [0.15, 0.2) is 23.3 Å². The Bertz CT molecular complexity index is 516. The van der Waals surface area contributed by atoms with E-state index in [0.717, 1.165) is 37.7 Å². The molecule has 0 atom stereocenters. The van der Waals surface area contributed by atoms with Crippen LogP contribution < -0.4 is 5.32 Å². The SMILES string of the molecule is CCNC(=NCCc1ccc(C)nc1)N1CCC2(CCC2)C1. The van der Waals surface area contributed by atoms with Crippen LogP contribution >= 0.6 is 0 Å². The number of rotatable bonds is 4. The summed E-state index contributed by atoms with van der Waals surface area (Å²) in [5, 5.41) is 3.47. The van der Waals surface area contributed by atoms with Crippen molar-refractivity contribution < 1.29 is 0 Å². The van der Waals surface area contributed by atoms with Crippen molar-refractivity contribution in [2.75, 3.05) is 26.2 Å². The lowest BCUT2D eigenvalue weighted by molar-refractivity contribution is 0.151. The third-order valence-electron chi connectivity index (χ3n) is 5.12. The van der Waals surface area contributed by atoms with E-state index in [-0.39, 0.29) is 0 Å². The minimum atomic E-state index is 0.622. The zero-order valence-corrected chi connectivity index (χ0v) is 13.9. The number of aromatic nitrogens is 1. The summed E-state index contributed by atoms with van der Waals surface area (Å²) in [6.45, 7) is 8.30. The Kier molecular flexibility index (Phi) is 4.65. The van der Waals surface area contributed by atoms with Crippen molar-refractivity contribution >= 4 is 5.96 Å². The highest BCUT2D eigenvalue weighted by molar-refractivity contribution is 5.80. The molecular formula is C18H28N4. The molecule has 120 valence electrons. The first kappa shape index (κ1) is 15.3. The maximum atomic E-state index is 4.84. The summed E-state index contributed by atoms with van der Waals surface area (Å²) in [5.74, 6) is 1.10. The first-order chi connectivity index (χ1) is 10.7. The number of aryl methyl sites for hydroxylation is 1. The van der Waals surface area contributed by atoms with E-state index in [1.54, 1.807) is 0 Å². The van der Waals surface area contributed by atoms with Crippen molar-refractivity contribution in [2.24, 2.45) is 10.4 Å². The predicted molar refractivity (Wildman–Crippen MR) is 91.1 cm³/mol. The molecule has 4 nitrogen and oxygen atoms in total. The first-order valence-electron chi connectivity index (χ1n) is 8.66. The van der Waals surface area contributed by atoms with Crippen LogP contribution in [0, 0.1) is 12.3 Å². The number of pyridine rings is 1. The Hall–Kier alpha value is -1.58. The van der Waals surface area contributed by atoms with Crippen molar-refractivity contribution in [3.63, 3.8) is 0 Å². The first-order valence-corrected chi connectivity index (χ1v) is 8.66. The van der Waals surface area contributed by atoms with Crippen LogP contribution in [-0.2, 0) is 6.42 Å². The van der Waals surface area contributed by atoms with Gasteiger partial charge < -0.3 is 10.2 Å². The smallest absolute Gasteiger partial charge is 0.193 e. The van der Waals surface area contributed by atoms with Gasteiger partial charge in [-0.1, -0.05) is 12.5 Å². The summed E-state index contributed by atoms with van der Waals surface area (Å²) in [6, 6.07) is 4.23. The molecule has 3 rings (SSSR count). The van der Waals surface area contributed by atoms with E-state index in [0.29, 0.717) is 5.41 Å². The molecule has 2 fully saturated rings. The van der Waals surface area contributed by atoms with Crippen LogP contribution in [0.1, 0.15) is 43.9 Å². The number of likely N-dealkylation sites (tertiary alicyclic amines) is 1.